The number of carbonyl (C=O) groups is 1. The van der Waals surface area contributed by atoms with Crippen LogP contribution in [0.3, 0.4) is 0 Å². The minimum atomic E-state index is -4.05. The van der Waals surface area contributed by atoms with Crippen molar-refractivity contribution in [3.05, 3.63) is 54.7 Å². The Kier molecular flexibility index (Phi) is 9.69. The number of hydrogen-bond donors (Lipinski definition) is 4. The van der Waals surface area contributed by atoms with E-state index in [4.69, 9.17) is 14.6 Å². The highest BCUT2D eigenvalue weighted by Gasteiger charge is 2.27. The summed E-state index contributed by atoms with van der Waals surface area (Å²) in [6, 6.07) is 12.4. The van der Waals surface area contributed by atoms with E-state index in [1.165, 1.54) is 32.4 Å². The van der Waals surface area contributed by atoms with Crippen LogP contribution in [0.25, 0.3) is 10.9 Å². The molecular weight excluding hydrogens is 490 g/mol. The van der Waals surface area contributed by atoms with Gasteiger partial charge in [-0.2, -0.15) is 4.72 Å². The summed E-state index contributed by atoms with van der Waals surface area (Å²) < 4.78 is 42.3. The molecule has 1 atom stereocenters. The van der Waals surface area contributed by atoms with Gasteiger partial charge in [-0.05, 0) is 37.1 Å². The van der Waals surface area contributed by atoms with Gasteiger partial charge in [0.25, 0.3) is 0 Å². The molecule has 1 aromatic heterocycles. The first kappa shape index (κ1) is 26.7. The predicted molar refractivity (Wildman–Crippen MR) is 138 cm³/mol. The Labute approximate surface area is 209 Å². The van der Waals surface area contributed by atoms with Crippen LogP contribution in [0.4, 0.5) is 5.69 Å². The molecule has 1 unspecified atom stereocenters. The van der Waals surface area contributed by atoms with Crippen molar-refractivity contribution in [3.63, 3.8) is 0 Å². The van der Waals surface area contributed by atoms with Gasteiger partial charge in [0, 0.05) is 36.3 Å². The molecule has 12 heteroatoms. The van der Waals surface area contributed by atoms with E-state index in [0.29, 0.717) is 36.3 Å². The van der Waals surface area contributed by atoms with Crippen molar-refractivity contribution in [3.8, 4) is 11.5 Å². The zero-order valence-corrected chi connectivity index (χ0v) is 21.1. The number of rotatable bonds is 13. The summed E-state index contributed by atoms with van der Waals surface area (Å²) in [5.74, 6) is 0.186. The number of pyridine rings is 1. The number of unbranched alkanes of at least 4 members (excludes halogenated alkanes) is 1. The molecule has 35 heavy (non-hydrogen) atoms. The number of nitrogens with two attached hydrogens (primary N) is 1. The second-order valence-electron chi connectivity index (χ2n) is 7.57. The normalized spacial score (nSPS) is 12.3. The highest BCUT2D eigenvalue weighted by molar-refractivity contribution is 7.95. The summed E-state index contributed by atoms with van der Waals surface area (Å²) in [4.78, 5) is 17.6. The monoisotopic (exact) mass is 519 g/mol. The first-order chi connectivity index (χ1) is 16.9. The molecule has 0 bridgehead atoms. The van der Waals surface area contributed by atoms with Crippen molar-refractivity contribution in [2.45, 2.75) is 30.2 Å². The Balaban J connectivity index is 1.83. The van der Waals surface area contributed by atoms with Gasteiger partial charge >= 0.3 is 0 Å². The lowest BCUT2D eigenvalue weighted by atomic mass is 10.1. The molecule has 0 radical (unpaired) electrons. The molecule has 10 nitrogen and oxygen atoms in total. The molecule has 0 fully saturated rings. The molecule has 2 aromatic carbocycles. The lowest BCUT2D eigenvalue weighted by Crippen LogP contribution is -2.43. The van der Waals surface area contributed by atoms with Crippen LogP contribution in [0.5, 0.6) is 11.5 Å². The van der Waals surface area contributed by atoms with Crippen LogP contribution in [0.15, 0.2) is 59.6 Å². The number of nitrogens with zero attached hydrogens (tertiary/aromatic N) is 1. The SMILES string of the molecule is COc1ccc(S(=O)(=O)NC(CCCCNSN)C(=O)Nc2cccc3cccnc23)cc1OC. The quantitative estimate of drug-likeness (QED) is 0.198. The zero-order valence-electron chi connectivity index (χ0n) is 19.5. The number of benzene rings is 2. The van der Waals surface area contributed by atoms with E-state index in [1.807, 2.05) is 18.2 Å². The van der Waals surface area contributed by atoms with E-state index in [0.717, 1.165) is 17.5 Å². The van der Waals surface area contributed by atoms with Crippen LogP contribution >= 0.6 is 12.1 Å². The molecule has 3 rings (SSSR count). The van der Waals surface area contributed by atoms with Gasteiger partial charge in [0.15, 0.2) is 11.5 Å². The van der Waals surface area contributed by atoms with E-state index < -0.39 is 22.0 Å². The van der Waals surface area contributed by atoms with E-state index in [9.17, 15) is 13.2 Å². The summed E-state index contributed by atoms with van der Waals surface area (Å²) in [5, 5.41) is 9.07. The van der Waals surface area contributed by atoms with Gasteiger partial charge in [-0.3, -0.25) is 19.6 Å². The van der Waals surface area contributed by atoms with Crippen molar-refractivity contribution in [2.24, 2.45) is 5.14 Å². The number of methoxy groups -OCH3 is 2. The van der Waals surface area contributed by atoms with Crippen molar-refractivity contribution in [2.75, 3.05) is 26.1 Å². The van der Waals surface area contributed by atoms with Gasteiger partial charge in [0.1, 0.15) is 6.04 Å². The summed E-state index contributed by atoms with van der Waals surface area (Å²) in [7, 11) is -1.16. The molecule has 188 valence electrons. The molecule has 0 aliphatic heterocycles. The molecular formula is C23H29N5O5S2. The first-order valence-corrected chi connectivity index (χ1v) is 13.2. The smallest absolute Gasteiger partial charge is 0.242 e. The standard InChI is InChI=1S/C23H29N5O5S2/c1-32-20-12-11-17(15-21(20)33-2)35(30,31)28-19(9-3-4-14-26-34-24)23(29)27-18-10-5-7-16-8-6-13-25-22(16)18/h5-8,10-13,15,19,26,28H,3-4,9,14,24H2,1-2H3,(H,27,29). The maximum absolute atomic E-state index is 13.3. The van der Waals surface area contributed by atoms with E-state index in [1.54, 1.807) is 18.3 Å². The maximum Gasteiger partial charge on any atom is 0.242 e. The summed E-state index contributed by atoms with van der Waals surface area (Å²) in [5.41, 5.74) is 1.12. The Morgan fingerprint density at radius 1 is 1.09 bits per heavy atom. The fourth-order valence-electron chi connectivity index (χ4n) is 3.51. The number of aromatic nitrogens is 1. The second kappa shape index (κ2) is 12.7. The third kappa shape index (κ3) is 7.05. The van der Waals surface area contributed by atoms with Gasteiger partial charge < -0.3 is 14.8 Å². The van der Waals surface area contributed by atoms with Gasteiger partial charge in [0.2, 0.25) is 15.9 Å². The molecule has 1 amide bonds. The highest BCUT2D eigenvalue weighted by Crippen LogP contribution is 2.29. The van der Waals surface area contributed by atoms with Gasteiger partial charge in [-0.15, -0.1) is 0 Å². The van der Waals surface area contributed by atoms with Gasteiger partial charge in [-0.25, -0.2) is 8.42 Å². The number of ether oxygens (including phenoxy) is 2. The highest BCUT2D eigenvalue weighted by atomic mass is 32.2. The van der Waals surface area contributed by atoms with Crippen LogP contribution in [0.2, 0.25) is 0 Å². The lowest BCUT2D eigenvalue weighted by molar-refractivity contribution is -0.117. The summed E-state index contributed by atoms with van der Waals surface area (Å²) in [6.45, 7) is 0.630. The summed E-state index contributed by atoms with van der Waals surface area (Å²) >= 11 is 1.01. The van der Waals surface area contributed by atoms with Crippen LogP contribution in [0.1, 0.15) is 19.3 Å². The molecule has 0 spiro atoms. The predicted octanol–water partition coefficient (Wildman–Crippen LogP) is 2.82. The zero-order chi connectivity index (χ0) is 25.3. The summed E-state index contributed by atoms with van der Waals surface area (Å²) in [6.07, 6.45) is 3.22. The molecule has 0 aliphatic carbocycles. The van der Waals surface area contributed by atoms with E-state index in [2.05, 4.69) is 19.7 Å². The number of amides is 1. The number of anilines is 1. The van der Waals surface area contributed by atoms with Crippen LogP contribution in [0, 0.1) is 0 Å². The number of carbonyl (C=O) groups excluding carboxylic acids is 1. The number of nitrogens with one attached hydrogen (secondary N) is 3. The topological polar surface area (TPSA) is 145 Å². The average Bonchev–Trinajstić information content (AvgIpc) is 2.87. The molecule has 0 saturated carbocycles. The third-order valence-corrected chi connectivity index (χ3v) is 7.11. The number of para-hydroxylation sites is 1. The minimum absolute atomic E-state index is 0.0408. The largest absolute Gasteiger partial charge is 0.493 e. The second-order valence-corrected chi connectivity index (χ2v) is 9.81. The van der Waals surface area contributed by atoms with Crippen molar-refractivity contribution >= 4 is 44.7 Å². The molecule has 1 heterocycles. The molecule has 5 N–H and O–H groups in total. The van der Waals surface area contributed by atoms with Crippen molar-refractivity contribution < 1.29 is 22.7 Å². The number of fused-ring (bicyclic) bond motifs is 1. The fraction of sp³-hybridized carbons (Fsp3) is 0.304. The van der Waals surface area contributed by atoms with Crippen LogP contribution < -0.4 is 29.4 Å². The first-order valence-electron chi connectivity index (χ1n) is 10.9. The minimum Gasteiger partial charge on any atom is -0.493 e. The number of sulfonamides is 1. The van der Waals surface area contributed by atoms with E-state index >= 15 is 0 Å². The van der Waals surface area contributed by atoms with Crippen LogP contribution in [-0.4, -0.2) is 46.1 Å². The maximum atomic E-state index is 13.3. The fourth-order valence-corrected chi connectivity index (χ4v) is 5.02. The molecule has 0 saturated heterocycles. The average molecular weight is 520 g/mol. The Morgan fingerprint density at radius 3 is 2.60 bits per heavy atom. The van der Waals surface area contributed by atoms with E-state index in [-0.39, 0.29) is 17.1 Å². The number of hydrogen-bond acceptors (Lipinski definition) is 9. The van der Waals surface area contributed by atoms with Gasteiger partial charge in [-0.1, -0.05) is 24.6 Å². The third-order valence-electron chi connectivity index (χ3n) is 5.27. The van der Waals surface area contributed by atoms with Gasteiger partial charge in [0.05, 0.1) is 30.3 Å². The Bertz CT molecular complexity index is 1250. The van der Waals surface area contributed by atoms with Crippen molar-refractivity contribution in [1.29, 1.82) is 0 Å². The van der Waals surface area contributed by atoms with Crippen molar-refractivity contribution in [1.82, 2.24) is 14.4 Å². The van der Waals surface area contributed by atoms with Crippen LogP contribution in [-0.2, 0) is 14.8 Å². The lowest BCUT2D eigenvalue weighted by Gasteiger charge is -2.19. The Hall–Kier alpha value is -2.90. The molecule has 3 aromatic rings. The Morgan fingerprint density at radius 2 is 1.86 bits per heavy atom. The molecule has 0 aliphatic rings.